The number of halogens is 2. The molecular formula is C13H16BrFN2O3S. The van der Waals surface area contributed by atoms with Gasteiger partial charge in [0.25, 0.3) is 5.91 Å². The van der Waals surface area contributed by atoms with E-state index in [0.29, 0.717) is 12.5 Å². The molecule has 1 aliphatic rings. The number of hydrogen-bond donors (Lipinski definition) is 1. The summed E-state index contributed by atoms with van der Waals surface area (Å²) in [6.07, 6.45) is 3.31. The van der Waals surface area contributed by atoms with Crippen molar-refractivity contribution in [3.8, 4) is 0 Å². The van der Waals surface area contributed by atoms with Gasteiger partial charge in [-0.05, 0) is 46.8 Å². The molecule has 0 heterocycles. The minimum Gasteiger partial charge on any atom is -0.341 e. The third-order valence-electron chi connectivity index (χ3n) is 3.64. The van der Waals surface area contributed by atoms with E-state index < -0.39 is 26.6 Å². The second-order valence-electron chi connectivity index (χ2n) is 5.29. The van der Waals surface area contributed by atoms with E-state index in [1.165, 1.54) is 4.90 Å². The average molecular weight is 379 g/mol. The van der Waals surface area contributed by atoms with E-state index in [-0.39, 0.29) is 10.0 Å². The summed E-state index contributed by atoms with van der Waals surface area (Å²) in [5.41, 5.74) is -0.0409. The highest BCUT2D eigenvalue weighted by atomic mass is 79.9. The van der Waals surface area contributed by atoms with Gasteiger partial charge in [0, 0.05) is 13.6 Å². The maximum atomic E-state index is 13.6. The van der Waals surface area contributed by atoms with Crippen LogP contribution in [0.1, 0.15) is 29.6 Å². The fourth-order valence-corrected chi connectivity index (χ4v) is 3.99. The van der Waals surface area contributed by atoms with Crippen molar-refractivity contribution in [1.29, 1.82) is 0 Å². The zero-order valence-corrected chi connectivity index (χ0v) is 13.9. The predicted molar refractivity (Wildman–Crippen MR) is 79.8 cm³/mol. The van der Waals surface area contributed by atoms with Crippen LogP contribution in [0.5, 0.6) is 0 Å². The Bertz CT molecular complexity index is 674. The number of carbonyl (C=O) groups excluding carboxylic acids is 1. The number of amides is 1. The number of benzene rings is 1. The molecule has 0 atom stereocenters. The van der Waals surface area contributed by atoms with E-state index in [0.717, 1.165) is 31.4 Å². The van der Waals surface area contributed by atoms with Crippen molar-refractivity contribution >= 4 is 31.9 Å². The highest BCUT2D eigenvalue weighted by Gasteiger charge is 2.26. The van der Waals surface area contributed by atoms with E-state index in [2.05, 4.69) is 15.9 Å². The highest BCUT2D eigenvalue weighted by Crippen LogP contribution is 2.30. The van der Waals surface area contributed by atoms with Gasteiger partial charge in [-0.15, -0.1) is 0 Å². The smallest absolute Gasteiger partial charge is 0.254 e. The molecule has 5 nitrogen and oxygen atoms in total. The van der Waals surface area contributed by atoms with Crippen molar-refractivity contribution in [2.75, 3.05) is 13.6 Å². The predicted octanol–water partition coefficient (Wildman–Crippen LogP) is 2.11. The lowest BCUT2D eigenvalue weighted by Crippen LogP contribution is -2.34. The molecule has 0 bridgehead atoms. The summed E-state index contributed by atoms with van der Waals surface area (Å²) in [6.45, 7) is 0.576. The molecule has 2 N–H and O–H groups in total. The zero-order chi connectivity index (χ0) is 15.8. The second kappa shape index (κ2) is 6.02. The van der Waals surface area contributed by atoms with Crippen LogP contribution in [0.2, 0.25) is 0 Å². The first-order valence-electron chi connectivity index (χ1n) is 6.47. The summed E-state index contributed by atoms with van der Waals surface area (Å²) in [6, 6.07) is 1.81. The molecule has 1 aromatic carbocycles. The third-order valence-corrected chi connectivity index (χ3v) is 5.70. The van der Waals surface area contributed by atoms with Gasteiger partial charge in [0.15, 0.2) is 0 Å². The van der Waals surface area contributed by atoms with Gasteiger partial charge in [-0.3, -0.25) is 4.79 Å². The van der Waals surface area contributed by atoms with Crippen molar-refractivity contribution < 1.29 is 17.6 Å². The van der Waals surface area contributed by atoms with Gasteiger partial charge in [0.05, 0.1) is 14.9 Å². The molecule has 1 fully saturated rings. The fraction of sp³-hybridized carbons (Fsp3) is 0.462. The van der Waals surface area contributed by atoms with Crippen LogP contribution in [0.15, 0.2) is 21.5 Å². The number of rotatable bonds is 4. The van der Waals surface area contributed by atoms with Crippen LogP contribution in [0, 0.1) is 11.7 Å². The van der Waals surface area contributed by atoms with Crippen molar-refractivity contribution in [2.24, 2.45) is 11.1 Å². The van der Waals surface area contributed by atoms with Gasteiger partial charge in [-0.2, -0.15) is 0 Å². The molecule has 0 radical (unpaired) electrons. The van der Waals surface area contributed by atoms with Gasteiger partial charge in [-0.25, -0.2) is 17.9 Å². The minimum absolute atomic E-state index is 0.00291. The maximum absolute atomic E-state index is 13.6. The molecule has 0 spiro atoms. The summed E-state index contributed by atoms with van der Waals surface area (Å²) >= 11 is 3.04. The lowest BCUT2D eigenvalue weighted by molar-refractivity contribution is 0.0743. The van der Waals surface area contributed by atoms with Crippen LogP contribution in [0.25, 0.3) is 0 Å². The second-order valence-corrected chi connectivity index (χ2v) is 7.62. The van der Waals surface area contributed by atoms with Gasteiger partial charge in [-0.1, -0.05) is 6.42 Å². The largest absolute Gasteiger partial charge is 0.341 e. The van der Waals surface area contributed by atoms with Gasteiger partial charge in [0.2, 0.25) is 10.0 Å². The molecule has 1 amide bonds. The van der Waals surface area contributed by atoms with E-state index in [1.54, 1.807) is 7.05 Å². The Morgan fingerprint density at radius 1 is 1.48 bits per heavy atom. The summed E-state index contributed by atoms with van der Waals surface area (Å²) in [7, 11) is -2.49. The van der Waals surface area contributed by atoms with Gasteiger partial charge in [0.1, 0.15) is 5.82 Å². The Morgan fingerprint density at radius 3 is 2.57 bits per heavy atom. The Kier molecular flexibility index (Phi) is 4.69. The zero-order valence-electron chi connectivity index (χ0n) is 11.5. The summed E-state index contributed by atoms with van der Waals surface area (Å²) in [5.74, 6) is -0.787. The monoisotopic (exact) mass is 378 g/mol. The van der Waals surface area contributed by atoms with E-state index in [4.69, 9.17) is 5.14 Å². The SMILES string of the molecule is CN(CC1CCC1)C(=O)c1cc(F)cc(S(N)(=O)=O)c1Br. The van der Waals surface area contributed by atoms with Crippen LogP contribution in [-0.2, 0) is 10.0 Å². The van der Waals surface area contributed by atoms with Crippen molar-refractivity contribution in [3.05, 3.63) is 28.0 Å². The molecule has 1 aliphatic carbocycles. The molecule has 0 saturated heterocycles. The number of carbonyl (C=O) groups is 1. The Balaban J connectivity index is 2.34. The molecule has 116 valence electrons. The first-order chi connectivity index (χ1) is 9.70. The molecule has 0 unspecified atom stereocenters. The average Bonchev–Trinajstić information content (AvgIpc) is 2.33. The van der Waals surface area contributed by atoms with E-state index >= 15 is 0 Å². The topological polar surface area (TPSA) is 80.5 Å². The Labute approximate surface area is 131 Å². The van der Waals surface area contributed by atoms with Crippen molar-refractivity contribution in [2.45, 2.75) is 24.2 Å². The standard InChI is InChI=1S/C13H16BrFN2O3S/c1-17(7-8-3-2-4-8)13(18)10-5-9(15)6-11(12(10)14)21(16,19)20/h5-6,8H,2-4,7H2,1H3,(H2,16,19,20). The molecule has 2 rings (SSSR count). The van der Waals surface area contributed by atoms with Crippen molar-refractivity contribution in [3.63, 3.8) is 0 Å². The Hall–Kier alpha value is -0.990. The first kappa shape index (κ1) is 16.4. The maximum Gasteiger partial charge on any atom is 0.254 e. The van der Waals surface area contributed by atoms with Crippen LogP contribution in [-0.4, -0.2) is 32.8 Å². The number of hydrogen-bond acceptors (Lipinski definition) is 3. The minimum atomic E-state index is -4.11. The molecule has 21 heavy (non-hydrogen) atoms. The molecular weight excluding hydrogens is 363 g/mol. The van der Waals surface area contributed by atoms with Crippen LogP contribution in [0.3, 0.4) is 0 Å². The number of nitrogens with two attached hydrogens (primary N) is 1. The van der Waals surface area contributed by atoms with E-state index in [9.17, 15) is 17.6 Å². The quantitative estimate of drug-likeness (QED) is 0.870. The molecule has 0 aliphatic heterocycles. The van der Waals surface area contributed by atoms with Crippen LogP contribution >= 0.6 is 15.9 Å². The summed E-state index contributed by atoms with van der Waals surface area (Å²) in [4.78, 5) is 13.4. The van der Waals surface area contributed by atoms with Gasteiger partial charge >= 0.3 is 0 Å². The van der Waals surface area contributed by atoms with Crippen molar-refractivity contribution in [1.82, 2.24) is 4.90 Å². The normalized spacial score (nSPS) is 15.6. The first-order valence-corrected chi connectivity index (χ1v) is 8.81. The molecule has 0 aromatic heterocycles. The van der Waals surface area contributed by atoms with Crippen LogP contribution < -0.4 is 5.14 Å². The summed E-state index contributed by atoms with van der Waals surface area (Å²) < 4.78 is 36.5. The Morgan fingerprint density at radius 2 is 2.10 bits per heavy atom. The lowest BCUT2D eigenvalue weighted by atomic mass is 9.85. The number of primary sulfonamides is 1. The molecule has 1 aromatic rings. The van der Waals surface area contributed by atoms with Crippen LogP contribution in [0.4, 0.5) is 4.39 Å². The lowest BCUT2D eigenvalue weighted by Gasteiger charge is -2.30. The molecule has 8 heteroatoms. The fourth-order valence-electron chi connectivity index (χ4n) is 2.28. The molecule has 1 saturated carbocycles. The summed E-state index contributed by atoms with van der Waals surface area (Å²) in [5, 5.41) is 5.03. The highest BCUT2D eigenvalue weighted by molar-refractivity contribution is 9.10. The van der Waals surface area contributed by atoms with E-state index in [1.807, 2.05) is 0 Å². The number of sulfonamides is 1. The van der Waals surface area contributed by atoms with Gasteiger partial charge < -0.3 is 4.90 Å². The number of nitrogens with zero attached hydrogens (tertiary/aromatic N) is 1. The third kappa shape index (κ3) is 3.61.